The maximum atomic E-state index is 13.7. The molecule has 0 saturated heterocycles. The van der Waals surface area contributed by atoms with Crippen LogP contribution in [0.1, 0.15) is 54.9 Å². The van der Waals surface area contributed by atoms with Gasteiger partial charge in [0.15, 0.2) is 0 Å². The van der Waals surface area contributed by atoms with Gasteiger partial charge in [-0.05, 0) is 55.2 Å². The molecule has 0 aliphatic carbocycles. The molecule has 0 unspecified atom stereocenters. The third kappa shape index (κ3) is 5.33. The first-order valence-corrected chi connectivity index (χ1v) is 11.6. The lowest BCUT2D eigenvalue weighted by Gasteiger charge is -2.19. The van der Waals surface area contributed by atoms with Gasteiger partial charge in [-0.25, -0.2) is 4.39 Å². The highest BCUT2D eigenvalue weighted by molar-refractivity contribution is 5.87. The molecule has 2 atom stereocenters. The predicted molar refractivity (Wildman–Crippen MR) is 133 cm³/mol. The minimum Gasteiger partial charge on any atom is -0.354 e. The summed E-state index contributed by atoms with van der Waals surface area (Å²) in [5.74, 6) is -0.434. The van der Waals surface area contributed by atoms with Crippen molar-refractivity contribution >= 4 is 16.8 Å². The molecule has 1 aromatic heterocycles. The molecule has 33 heavy (non-hydrogen) atoms. The molecule has 4 rings (SSSR count). The molecule has 1 N–H and O–H groups in total. The summed E-state index contributed by atoms with van der Waals surface area (Å²) in [4.78, 5) is 12.9. The van der Waals surface area contributed by atoms with E-state index in [1.165, 1.54) is 23.3 Å². The van der Waals surface area contributed by atoms with Crippen LogP contribution in [0.25, 0.3) is 10.9 Å². The smallest absolute Gasteiger partial charge is 0.221 e. The van der Waals surface area contributed by atoms with Crippen LogP contribution in [0, 0.1) is 12.7 Å². The third-order valence-corrected chi connectivity index (χ3v) is 6.35. The molecular formula is C29H31FN2O. The first kappa shape index (κ1) is 22.8. The number of aryl methyl sites for hydroxylation is 1. The van der Waals surface area contributed by atoms with Gasteiger partial charge in [0, 0.05) is 42.0 Å². The number of hydrogen-bond donors (Lipinski definition) is 1. The number of aromatic nitrogens is 1. The average Bonchev–Trinajstić information content (AvgIpc) is 3.18. The topological polar surface area (TPSA) is 34.0 Å². The van der Waals surface area contributed by atoms with E-state index >= 15 is 0 Å². The van der Waals surface area contributed by atoms with E-state index in [0.717, 1.165) is 35.0 Å². The lowest BCUT2D eigenvalue weighted by Crippen LogP contribution is -2.33. The van der Waals surface area contributed by atoms with Crippen LogP contribution in [0.5, 0.6) is 0 Å². The fourth-order valence-corrected chi connectivity index (χ4v) is 4.30. The van der Waals surface area contributed by atoms with Gasteiger partial charge in [-0.3, -0.25) is 4.79 Å². The van der Waals surface area contributed by atoms with Crippen molar-refractivity contribution in [3.63, 3.8) is 0 Å². The van der Waals surface area contributed by atoms with Crippen molar-refractivity contribution in [3.05, 3.63) is 107 Å². The first-order chi connectivity index (χ1) is 15.9. The van der Waals surface area contributed by atoms with Gasteiger partial charge in [0.2, 0.25) is 5.91 Å². The zero-order valence-corrected chi connectivity index (χ0v) is 19.5. The van der Waals surface area contributed by atoms with Crippen molar-refractivity contribution < 1.29 is 9.18 Å². The van der Waals surface area contributed by atoms with Crippen molar-refractivity contribution in [2.24, 2.45) is 0 Å². The molecule has 1 amide bonds. The summed E-state index contributed by atoms with van der Waals surface area (Å²) in [5.41, 5.74) is 5.61. The summed E-state index contributed by atoms with van der Waals surface area (Å²) >= 11 is 0. The second-order valence-corrected chi connectivity index (χ2v) is 8.90. The number of carbonyl (C=O) groups is 1. The summed E-state index contributed by atoms with van der Waals surface area (Å²) in [6.45, 7) is 6.90. The highest BCUT2D eigenvalue weighted by Gasteiger charge is 2.23. The highest BCUT2D eigenvalue weighted by atomic mass is 19.1. The molecule has 3 nitrogen and oxygen atoms in total. The van der Waals surface area contributed by atoms with Gasteiger partial charge >= 0.3 is 0 Å². The number of fused-ring (bicyclic) bond motifs is 1. The lowest BCUT2D eigenvalue weighted by atomic mass is 9.88. The molecule has 170 valence electrons. The van der Waals surface area contributed by atoms with Crippen molar-refractivity contribution in [2.45, 2.75) is 52.1 Å². The molecule has 0 aliphatic heterocycles. The molecule has 0 saturated carbocycles. The molecule has 3 aromatic carbocycles. The van der Waals surface area contributed by atoms with Crippen LogP contribution in [-0.2, 0) is 11.3 Å². The maximum absolute atomic E-state index is 13.7. The second kappa shape index (κ2) is 10.0. The normalized spacial score (nSPS) is 13.1. The van der Waals surface area contributed by atoms with Crippen molar-refractivity contribution in [1.29, 1.82) is 0 Å². The number of carbonyl (C=O) groups excluding carboxylic acids is 1. The number of benzene rings is 3. The number of rotatable bonds is 8. The molecular weight excluding hydrogens is 411 g/mol. The Hall–Kier alpha value is -3.40. The van der Waals surface area contributed by atoms with Crippen molar-refractivity contribution in [2.75, 3.05) is 0 Å². The molecule has 0 aliphatic rings. The van der Waals surface area contributed by atoms with Gasteiger partial charge in [0.05, 0.1) is 0 Å². The number of nitrogens with one attached hydrogen (secondary N) is 1. The van der Waals surface area contributed by atoms with E-state index in [2.05, 4.69) is 66.3 Å². The Labute approximate surface area is 195 Å². The minimum absolute atomic E-state index is 0.00837. The van der Waals surface area contributed by atoms with Gasteiger partial charge in [0.1, 0.15) is 5.82 Å². The van der Waals surface area contributed by atoms with Crippen LogP contribution < -0.4 is 5.32 Å². The van der Waals surface area contributed by atoms with Gasteiger partial charge in [-0.1, -0.05) is 67.1 Å². The van der Waals surface area contributed by atoms with Gasteiger partial charge in [-0.2, -0.15) is 0 Å². The van der Waals surface area contributed by atoms with E-state index in [4.69, 9.17) is 0 Å². The maximum Gasteiger partial charge on any atom is 0.221 e. The predicted octanol–water partition coefficient (Wildman–Crippen LogP) is 6.57. The summed E-state index contributed by atoms with van der Waals surface area (Å²) < 4.78 is 15.9. The zero-order chi connectivity index (χ0) is 23.4. The van der Waals surface area contributed by atoms with Crippen LogP contribution in [0.2, 0.25) is 0 Å². The number of amides is 1. The van der Waals surface area contributed by atoms with Crippen LogP contribution in [0.15, 0.2) is 79.0 Å². The largest absolute Gasteiger partial charge is 0.354 e. The lowest BCUT2D eigenvalue weighted by molar-refractivity contribution is -0.121. The van der Waals surface area contributed by atoms with Gasteiger partial charge in [-0.15, -0.1) is 0 Å². The molecule has 0 radical (unpaired) electrons. The first-order valence-electron chi connectivity index (χ1n) is 11.6. The van der Waals surface area contributed by atoms with Crippen molar-refractivity contribution in [3.8, 4) is 0 Å². The van der Waals surface area contributed by atoms with E-state index in [1.54, 1.807) is 12.1 Å². The van der Waals surface area contributed by atoms with Crippen LogP contribution in [0.3, 0.4) is 0 Å². The summed E-state index contributed by atoms with van der Waals surface area (Å²) in [6, 6.07) is 23.5. The molecule has 4 aromatic rings. The van der Waals surface area contributed by atoms with E-state index in [9.17, 15) is 9.18 Å². The highest BCUT2D eigenvalue weighted by Crippen LogP contribution is 2.35. The van der Waals surface area contributed by atoms with Gasteiger partial charge in [0.25, 0.3) is 0 Å². The summed E-state index contributed by atoms with van der Waals surface area (Å²) in [5, 5.41) is 4.21. The molecule has 0 fully saturated rings. The molecule has 1 heterocycles. The SMILES string of the molecule is CC[C@@H](C)NC(=O)C[C@@H](c1ccc(F)cc1)c1cn(Cc2ccc(C)cc2)c2ccccc12. The number of para-hydroxylation sites is 1. The van der Waals surface area contributed by atoms with Crippen LogP contribution in [-0.4, -0.2) is 16.5 Å². The Morgan fingerprint density at radius 2 is 1.70 bits per heavy atom. The van der Waals surface area contributed by atoms with E-state index in [-0.39, 0.29) is 23.7 Å². The number of hydrogen-bond acceptors (Lipinski definition) is 1. The molecule has 0 bridgehead atoms. The van der Waals surface area contributed by atoms with Crippen LogP contribution >= 0.6 is 0 Å². The van der Waals surface area contributed by atoms with Crippen LogP contribution in [0.4, 0.5) is 4.39 Å². The fraction of sp³-hybridized carbons (Fsp3) is 0.276. The van der Waals surface area contributed by atoms with E-state index < -0.39 is 0 Å². The Balaban J connectivity index is 1.76. The Morgan fingerprint density at radius 3 is 2.39 bits per heavy atom. The second-order valence-electron chi connectivity index (χ2n) is 8.90. The fourth-order valence-electron chi connectivity index (χ4n) is 4.30. The Kier molecular flexibility index (Phi) is 6.93. The quantitative estimate of drug-likeness (QED) is 0.329. The number of nitrogens with zero attached hydrogens (tertiary/aromatic N) is 1. The van der Waals surface area contributed by atoms with E-state index in [1.807, 2.05) is 19.1 Å². The summed E-state index contributed by atoms with van der Waals surface area (Å²) in [6.07, 6.45) is 3.35. The monoisotopic (exact) mass is 442 g/mol. The number of halogens is 1. The minimum atomic E-state index is -0.275. The third-order valence-electron chi connectivity index (χ3n) is 6.35. The standard InChI is InChI=1S/C29H31FN2O/c1-4-21(3)31-29(33)17-26(23-13-15-24(30)16-14-23)27-19-32(28-8-6-5-7-25(27)28)18-22-11-9-20(2)10-12-22/h5-16,19,21,26H,4,17-18H2,1-3H3,(H,31,33)/t21-,26+/m1/s1. The average molecular weight is 443 g/mol. The Morgan fingerprint density at radius 1 is 1.00 bits per heavy atom. The Bertz CT molecular complexity index is 1220. The summed E-state index contributed by atoms with van der Waals surface area (Å²) in [7, 11) is 0. The van der Waals surface area contributed by atoms with E-state index in [0.29, 0.717) is 6.42 Å². The molecule has 4 heteroatoms. The van der Waals surface area contributed by atoms with Crippen molar-refractivity contribution in [1.82, 2.24) is 9.88 Å². The zero-order valence-electron chi connectivity index (χ0n) is 19.5. The van der Waals surface area contributed by atoms with Gasteiger partial charge < -0.3 is 9.88 Å². The molecule has 0 spiro atoms.